The quantitative estimate of drug-likeness (QED) is 0.846. The third-order valence-corrected chi connectivity index (χ3v) is 4.04. The summed E-state index contributed by atoms with van der Waals surface area (Å²) in [7, 11) is 0. The number of thiophene rings is 1. The van der Waals surface area contributed by atoms with E-state index in [0.29, 0.717) is 10.6 Å². The van der Waals surface area contributed by atoms with E-state index in [4.69, 9.17) is 5.73 Å². The van der Waals surface area contributed by atoms with Gasteiger partial charge in [0.05, 0.1) is 5.69 Å². The van der Waals surface area contributed by atoms with E-state index in [2.05, 4.69) is 16.9 Å². The second-order valence-corrected chi connectivity index (χ2v) is 5.60. The number of rotatable bonds is 3. The minimum absolute atomic E-state index is 0.0899. The molecule has 3 N–H and O–H groups in total. The zero-order valence-corrected chi connectivity index (χ0v) is 12.1. The molecule has 1 atom stereocenters. The van der Waals surface area contributed by atoms with Crippen LogP contribution in [0.25, 0.3) is 10.2 Å². The van der Waals surface area contributed by atoms with Gasteiger partial charge in [-0.05, 0) is 32.4 Å². The van der Waals surface area contributed by atoms with Gasteiger partial charge in [-0.2, -0.15) is 0 Å². The van der Waals surface area contributed by atoms with E-state index >= 15 is 0 Å². The van der Waals surface area contributed by atoms with Gasteiger partial charge in [0.2, 0.25) is 0 Å². The average Bonchev–Trinajstić information content (AvgIpc) is 2.66. The number of fused-ring (bicyclic) bond motifs is 1. The van der Waals surface area contributed by atoms with Crippen LogP contribution in [0.15, 0.2) is 18.7 Å². The lowest BCUT2D eigenvalue weighted by molar-refractivity contribution is 0.0952. The molecule has 100 valence electrons. The maximum absolute atomic E-state index is 12.1. The maximum Gasteiger partial charge on any atom is 0.264 e. The number of carbonyl (C=O) groups is 1. The summed E-state index contributed by atoms with van der Waals surface area (Å²) in [6.45, 7) is 9.42. The van der Waals surface area contributed by atoms with E-state index in [-0.39, 0.29) is 11.9 Å². The van der Waals surface area contributed by atoms with Gasteiger partial charge >= 0.3 is 0 Å². The number of aryl methyl sites for hydroxylation is 2. The Labute approximate surface area is 116 Å². The van der Waals surface area contributed by atoms with Crippen molar-refractivity contribution in [1.29, 1.82) is 0 Å². The van der Waals surface area contributed by atoms with Gasteiger partial charge in [-0.3, -0.25) is 4.79 Å². The van der Waals surface area contributed by atoms with Gasteiger partial charge in [0, 0.05) is 17.1 Å². The second-order valence-electron chi connectivity index (χ2n) is 4.60. The van der Waals surface area contributed by atoms with E-state index < -0.39 is 0 Å². The summed E-state index contributed by atoms with van der Waals surface area (Å²) in [4.78, 5) is 17.9. The smallest absolute Gasteiger partial charge is 0.264 e. The molecule has 0 aliphatic rings. The lowest BCUT2D eigenvalue weighted by Crippen LogP contribution is -2.30. The zero-order chi connectivity index (χ0) is 14.2. The van der Waals surface area contributed by atoms with Crippen LogP contribution in [-0.4, -0.2) is 16.9 Å². The Morgan fingerprint density at radius 1 is 1.58 bits per heavy atom. The Morgan fingerprint density at radius 3 is 2.89 bits per heavy atom. The van der Waals surface area contributed by atoms with Crippen molar-refractivity contribution in [3.63, 3.8) is 0 Å². The number of hydrogen-bond donors (Lipinski definition) is 2. The summed E-state index contributed by atoms with van der Waals surface area (Å²) < 4.78 is 0. The number of aromatic nitrogens is 1. The first-order chi connectivity index (χ1) is 8.93. The van der Waals surface area contributed by atoms with Crippen LogP contribution in [0.2, 0.25) is 0 Å². The van der Waals surface area contributed by atoms with Crippen molar-refractivity contribution in [3.05, 3.63) is 34.9 Å². The summed E-state index contributed by atoms with van der Waals surface area (Å²) >= 11 is 1.33. The Hall–Kier alpha value is -1.88. The largest absolute Gasteiger partial charge is 0.397 e. The van der Waals surface area contributed by atoms with Gasteiger partial charge in [0.25, 0.3) is 5.91 Å². The number of nitrogens with zero attached hydrogens (tertiary/aromatic N) is 1. The molecular formula is C14H17N3OS. The molecule has 2 aromatic heterocycles. The van der Waals surface area contributed by atoms with Crippen molar-refractivity contribution in [2.75, 3.05) is 5.73 Å². The molecule has 1 amide bonds. The molecule has 0 saturated heterocycles. The summed E-state index contributed by atoms with van der Waals surface area (Å²) in [6, 6.07) is 1.88. The number of anilines is 1. The molecule has 19 heavy (non-hydrogen) atoms. The van der Waals surface area contributed by atoms with Crippen LogP contribution in [0.5, 0.6) is 0 Å². The molecule has 0 spiro atoms. The Morgan fingerprint density at radius 2 is 2.26 bits per heavy atom. The predicted molar refractivity (Wildman–Crippen MR) is 80.6 cm³/mol. The molecular weight excluding hydrogens is 258 g/mol. The molecule has 0 bridgehead atoms. The van der Waals surface area contributed by atoms with Crippen LogP contribution in [0, 0.1) is 13.8 Å². The van der Waals surface area contributed by atoms with Crippen LogP contribution in [-0.2, 0) is 0 Å². The summed E-state index contributed by atoms with van der Waals surface area (Å²) in [6.07, 6.45) is 1.68. The maximum atomic E-state index is 12.1. The van der Waals surface area contributed by atoms with Crippen LogP contribution < -0.4 is 11.1 Å². The molecule has 2 aromatic rings. The highest BCUT2D eigenvalue weighted by molar-refractivity contribution is 7.21. The summed E-state index contributed by atoms with van der Waals surface area (Å²) in [5.41, 5.74) is 8.58. The van der Waals surface area contributed by atoms with Gasteiger partial charge in [0.15, 0.2) is 0 Å². The summed E-state index contributed by atoms with van der Waals surface area (Å²) in [5.74, 6) is -0.176. The van der Waals surface area contributed by atoms with Gasteiger partial charge in [0.1, 0.15) is 9.71 Å². The standard InChI is InChI=1S/C14H17N3OS/c1-5-8(3)16-13(18)12-11(15)10-7(2)6-9(4)17-14(10)19-12/h5-6,8H,1,15H2,2-4H3,(H,16,18). The van der Waals surface area contributed by atoms with Crippen LogP contribution in [0.3, 0.4) is 0 Å². The molecule has 1 unspecified atom stereocenters. The predicted octanol–water partition coefficient (Wildman–Crippen LogP) is 2.80. The average molecular weight is 275 g/mol. The molecule has 0 saturated carbocycles. The Bertz CT molecular complexity index is 660. The number of nitrogens with one attached hydrogen (secondary N) is 1. The molecule has 0 aliphatic heterocycles. The lowest BCUT2D eigenvalue weighted by atomic mass is 10.1. The fourth-order valence-corrected chi connectivity index (χ4v) is 3.09. The van der Waals surface area contributed by atoms with Crippen molar-refractivity contribution in [2.24, 2.45) is 0 Å². The van der Waals surface area contributed by atoms with Crippen molar-refractivity contribution < 1.29 is 4.79 Å². The molecule has 0 aliphatic carbocycles. The SMILES string of the molecule is C=CC(C)NC(=O)c1sc2nc(C)cc(C)c2c1N. The van der Waals surface area contributed by atoms with Gasteiger partial charge in [-0.25, -0.2) is 4.98 Å². The molecule has 2 heterocycles. The Kier molecular flexibility index (Phi) is 3.57. The number of hydrogen-bond acceptors (Lipinski definition) is 4. The van der Waals surface area contributed by atoms with Gasteiger partial charge in [-0.15, -0.1) is 17.9 Å². The van der Waals surface area contributed by atoms with E-state index in [0.717, 1.165) is 21.5 Å². The number of pyridine rings is 1. The van der Waals surface area contributed by atoms with E-state index in [1.807, 2.05) is 26.8 Å². The van der Waals surface area contributed by atoms with Crippen LogP contribution >= 0.6 is 11.3 Å². The first kappa shape index (κ1) is 13.5. The monoisotopic (exact) mass is 275 g/mol. The van der Waals surface area contributed by atoms with Crippen molar-refractivity contribution in [1.82, 2.24) is 10.3 Å². The van der Waals surface area contributed by atoms with E-state index in [1.165, 1.54) is 11.3 Å². The van der Waals surface area contributed by atoms with Crippen LogP contribution in [0.1, 0.15) is 27.9 Å². The third kappa shape index (κ3) is 2.46. The third-order valence-electron chi connectivity index (χ3n) is 2.94. The number of nitrogen functional groups attached to an aromatic ring is 1. The molecule has 5 heteroatoms. The lowest BCUT2D eigenvalue weighted by Gasteiger charge is -2.08. The molecule has 0 radical (unpaired) electrons. The second kappa shape index (κ2) is 5.01. The minimum atomic E-state index is -0.176. The summed E-state index contributed by atoms with van der Waals surface area (Å²) in [5, 5.41) is 3.71. The van der Waals surface area contributed by atoms with Gasteiger partial charge < -0.3 is 11.1 Å². The highest BCUT2D eigenvalue weighted by Gasteiger charge is 2.19. The minimum Gasteiger partial charge on any atom is -0.397 e. The normalized spacial score (nSPS) is 12.4. The fourth-order valence-electron chi connectivity index (χ4n) is 1.97. The number of carbonyl (C=O) groups excluding carboxylic acids is 1. The van der Waals surface area contributed by atoms with E-state index in [9.17, 15) is 4.79 Å². The van der Waals surface area contributed by atoms with E-state index in [1.54, 1.807) is 6.08 Å². The first-order valence-corrected chi connectivity index (χ1v) is 6.85. The topological polar surface area (TPSA) is 68.0 Å². The molecule has 0 aromatic carbocycles. The highest BCUT2D eigenvalue weighted by Crippen LogP contribution is 2.34. The number of nitrogens with two attached hydrogens (primary N) is 1. The molecule has 2 rings (SSSR count). The molecule has 4 nitrogen and oxygen atoms in total. The molecule has 0 fully saturated rings. The van der Waals surface area contributed by atoms with Crippen molar-refractivity contribution in [2.45, 2.75) is 26.8 Å². The van der Waals surface area contributed by atoms with Gasteiger partial charge in [-0.1, -0.05) is 6.08 Å². The Balaban J connectivity index is 2.51. The fraction of sp³-hybridized carbons (Fsp3) is 0.286. The van der Waals surface area contributed by atoms with Crippen molar-refractivity contribution >= 4 is 33.1 Å². The highest BCUT2D eigenvalue weighted by atomic mass is 32.1. The zero-order valence-electron chi connectivity index (χ0n) is 11.3. The first-order valence-electron chi connectivity index (χ1n) is 6.03. The number of amides is 1. The van der Waals surface area contributed by atoms with Crippen molar-refractivity contribution in [3.8, 4) is 0 Å². The van der Waals surface area contributed by atoms with Crippen LogP contribution in [0.4, 0.5) is 5.69 Å².